The molecule has 2 aromatic rings. The van der Waals surface area contributed by atoms with E-state index in [2.05, 4.69) is 24.3 Å². The van der Waals surface area contributed by atoms with Crippen LogP contribution in [0, 0.1) is 35.5 Å². The number of rotatable bonds is 8. The lowest BCUT2D eigenvalue weighted by Gasteiger charge is -2.58. The van der Waals surface area contributed by atoms with Crippen molar-refractivity contribution in [1.82, 2.24) is 0 Å². The second-order valence-electron chi connectivity index (χ2n) is 15.9. The van der Waals surface area contributed by atoms with E-state index in [-0.39, 0.29) is 17.6 Å². The molecular weight excluding hydrogens is 496 g/mol. The Hall–Kier alpha value is -1.78. The van der Waals surface area contributed by atoms with E-state index in [0.717, 1.165) is 54.5 Å². The molecule has 10 fully saturated rings. The van der Waals surface area contributed by atoms with Crippen LogP contribution in [0.25, 0.3) is 10.8 Å². The standard InChI is InChI=1S/C36H44O4/c1-2-29-33(30(3-1)35-11-21-4-22(12-35)6-23(5-21)13-35)32(39-19-27-17-37-27)10-31(34(29)40-20-28-18-38-28)36-14-24-7-25(15-36)9-26(8-24)16-36/h1-3,10,21-28H,4-9,11-20H2. The average molecular weight is 541 g/mol. The average Bonchev–Trinajstić information content (AvgIpc) is 3.85. The molecule has 40 heavy (non-hydrogen) atoms. The van der Waals surface area contributed by atoms with E-state index < -0.39 is 0 Å². The van der Waals surface area contributed by atoms with E-state index in [4.69, 9.17) is 18.9 Å². The topological polar surface area (TPSA) is 43.5 Å². The summed E-state index contributed by atoms with van der Waals surface area (Å²) in [5, 5.41) is 2.68. The molecule has 2 aliphatic heterocycles. The summed E-state index contributed by atoms with van der Waals surface area (Å²) in [4.78, 5) is 0. The fourth-order valence-electron chi connectivity index (χ4n) is 12.1. The summed E-state index contributed by atoms with van der Waals surface area (Å²) in [6.45, 7) is 3.02. The first-order valence-corrected chi connectivity index (χ1v) is 16.7. The predicted octanol–water partition coefficient (Wildman–Crippen LogP) is 7.33. The number of benzene rings is 2. The fraction of sp³-hybridized carbons (Fsp3) is 0.722. The molecule has 212 valence electrons. The van der Waals surface area contributed by atoms with Crippen LogP contribution in [0.4, 0.5) is 0 Å². The Kier molecular flexibility index (Phi) is 4.99. The van der Waals surface area contributed by atoms with Crippen LogP contribution in [-0.2, 0) is 20.3 Å². The van der Waals surface area contributed by atoms with Crippen molar-refractivity contribution in [2.24, 2.45) is 35.5 Å². The van der Waals surface area contributed by atoms with Crippen LogP contribution >= 0.6 is 0 Å². The molecule has 4 nitrogen and oxygen atoms in total. The molecule has 12 rings (SSSR count). The quantitative estimate of drug-likeness (QED) is 0.329. The third kappa shape index (κ3) is 3.70. The van der Waals surface area contributed by atoms with Gasteiger partial charge in [0.05, 0.1) is 13.2 Å². The number of epoxide rings is 2. The van der Waals surface area contributed by atoms with Crippen LogP contribution in [0.3, 0.4) is 0 Å². The first kappa shape index (κ1) is 23.7. The zero-order chi connectivity index (χ0) is 26.1. The van der Waals surface area contributed by atoms with Gasteiger partial charge in [0.1, 0.15) is 36.9 Å². The smallest absolute Gasteiger partial charge is 0.131 e. The van der Waals surface area contributed by atoms with Gasteiger partial charge in [0.25, 0.3) is 0 Å². The summed E-state index contributed by atoms with van der Waals surface area (Å²) < 4.78 is 25.1. The molecule has 0 N–H and O–H groups in total. The van der Waals surface area contributed by atoms with Gasteiger partial charge in [-0.05, 0) is 135 Å². The predicted molar refractivity (Wildman–Crippen MR) is 154 cm³/mol. The molecule has 2 atom stereocenters. The summed E-state index contributed by atoms with van der Waals surface area (Å²) in [5.41, 5.74) is 3.59. The molecule has 2 saturated heterocycles. The minimum absolute atomic E-state index is 0.244. The van der Waals surface area contributed by atoms with Crippen LogP contribution in [-0.4, -0.2) is 38.6 Å². The van der Waals surface area contributed by atoms with Crippen molar-refractivity contribution in [3.63, 3.8) is 0 Å². The summed E-state index contributed by atoms with van der Waals surface area (Å²) >= 11 is 0. The van der Waals surface area contributed by atoms with Crippen molar-refractivity contribution in [3.8, 4) is 11.5 Å². The summed E-state index contributed by atoms with van der Waals surface area (Å²) in [6, 6.07) is 9.71. The van der Waals surface area contributed by atoms with Crippen LogP contribution < -0.4 is 9.47 Å². The molecule has 2 unspecified atom stereocenters. The third-order valence-corrected chi connectivity index (χ3v) is 12.9. The monoisotopic (exact) mass is 540 g/mol. The van der Waals surface area contributed by atoms with E-state index in [1.807, 2.05) is 0 Å². The molecular formula is C36H44O4. The van der Waals surface area contributed by atoms with Crippen LogP contribution in [0.5, 0.6) is 11.5 Å². The first-order valence-electron chi connectivity index (χ1n) is 16.7. The van der Waals surface area contributed by atoms with Gasteiger partial charge >= 0.3 is 0 Å². The van der Waals surface area contributed by atoms with Crippen LogP contribution in [0.2, 0.25) is 0 Å². The Bertz CT molecular complexity index is 1280. The molecule has 0 amide bonds. The number of hydrogen-bond donors (Lipinski definition) is 0. The van der Waals surface area contributed by atoms with Crippen molar-refractivity contribution in [2.45, 2.75) is 100 Å². The molecule has 4 heteroatoms. The van der Waals surface area contributed by atoms with Crippen molar-refractivity contribution in [1.29, 1.82) is 0 Å². The molecule has 2 aromatic carbocycles. The Balaban J connectivity index is 1.17. The van der Waals surface area contributed by atoms with Gasteiger partial charge in [-0.2, -0.15) is 0 Å². The van der Waals surface area contributed by atoms with Crippen LogP contribution in [0.15, 0.2) is 24.3 Å². The highest BCUT2D eigenvalue weighted by atomic mass is 16.6. The summed E-state index contributed by atoms with van der Waals surface area (Å²) in [5.74, 6) is 7.73. The molecule has 2 heterocycles. The lowest BCUT2D eigenvalue weighted by Crippen LogP contribution is -2.49. The van der Waals surface area contributed by atoms with E-state index >= 15 is 0 Å². The van der Waals surface area contributed by atoms with Gasteiger partial charge in [-0.25, -0.2) is 0 Å². The lowest BCUT2D eigenvalue weighted by atomic mass is 9.47. The maximum Gasteiger partial charge on any atom is 0.131 e. The number of fused-ring (bicyclic) bond motifs is 1. The minimum Gasteiger partial charge on any atom is -0.490 e. The largest absolute Gasteiger partial charge is 0.490 e. The number of hydrogen-bond acceptors (Lipinski definition) is 4. The van der Waals surface area contributed by atoms with Gasteiger partial charge in [-0.1, -0.05) is 18.2 Å². The molecule has 0 aromatic heterocycles. The summed E-state index contributed by atoms with van der Waals surface area (Å²) in [7, 11) is 0. The van der Waals surface area contributed by atoms with Gasteiger partial charge in [-0.3, -0.25) is 0 Å². The van der Waals surface area contributed by atoms with Crippen molar-refractivity contribution in [2.75, 3.05) is 26.4 Å². The zero-order valence-electron chi connectivity index (χ0n) is 23.9. The Morgan fingerprint density at radius 2 is 1.10 bits per heavy atom. The molecule has 0 spiro atoms. The molecule has 10 aliphatic rings. The van der Waals surface area contributed by atoms with Crippen molar-refractivity contribution in [3.05, 3.63) is 35.4 Å². The first-order chi connectivity index (χ1) is 19.6. The van der Waals surface area contributed by atoms with Gasteiger partial charge in [0.15, 0.2) is 0 Å². The molecule has 8 aliphatic carbocycles. The third-order valence-electron chi connectivity index (χ3n) is 12.9. The van der Waals surface area contributed by atoms with Gasteiger partial charge in [-0.15, -0.1) is 0 Å². The van der Waals surface area contributed by atoms with E-state index in [0.29, 0.717) is 18.6 Å². The lowest BCUT2D eigenvalue weighted by molar-refractivity contribution is -0.00648. The minimum atomic E-state index is 0.244. The molecule has 8 saturated carbocycles. The van der Waals surface area contributed by atoms with Gasteiger partial charge in [0, 0.05) is 16.3 Å². The van der Waals surface area contributed by atoms with Gasteiger partial charge < -0.3 is 18.9 Å². The normalized spacial score (nSPS) is 45.3. The van der Waals surface area contributed by atoms with E-state index in [9.17, 15) is 0 Å². The maximum absolute atomic E-state index is 6.93. The highest BCUT2D eigenvalue weighted by Crippen LogP contribution is 2.65. The van der Waals surface area contributed by atoms with E-state index in [1.54, 1.807) is 5.56 Å². The highest BCUT2D eigenvalue weighted by molar-refractivity contribution is 5.98. The molecule has 0 radical (unpaired) electrons. The second-order valence-corrected chi connectivity index (χ2v) is 15.9. The highest BCUT2D eigenvalue weighted by Gasteiger charge is 2.54. The Morgan fingerprint density at radius 1 is 0.625 bits per heavy atom. The fourth-order valence-corrected chi connectivity index (χ4v) is 12.1. The van der Waals surface area contributed by atoms with Crippen molar-refractivity contribution < 1.29 is 18.9 Å². The Labute approximate surface area is 238 Å². The van der Waals surface area contributed by atoms with Crippen molar-refractivity contribution >= 4 is 10.8 Å². The summed E-state index contributed by atoms with van der Waals surface area (Å²) in [6.07, 6.45) is 17.4. The van der Waals surface area contributed by atoms with Gasteiger partial charge in [0.2, 0.25) is 0 Å². The molecule has 8 bridgehead atoms. The second kappa shape index (κ2) is 8.40. The zero-order valence-corrected chi connectivity index (χ0v) is 23.9. The number of ether oxygens (including phenoxy) is 4. The van der Waals surface area contributed by atoms with Crippen LogP contribution in [0.1, 0.15) is 88.2 Å². The Morgan fingerprint density at radius 3 is 1.60 bits per heavy atom. The SMILES string of the molecule is c1cc(C23CC4CC(CC(C4)C2)C3)c2c(OCC3CO3)cc(C34CC5CC(CC(C5)C3)C4)c(OCC3CO3)c2c1. The maximum atomic E-state index is 6.93. The van der Waals surface area contributed by atoms with E-state index in [1.165, 1.54) is 99.1 Å².